The van der Waals surface area contributed by atoms with Gasteiger partial charge in [-0.05, 0) is 49.1 Å². The van der Waals surface area contributed by atoms with Crippen molar-refractivity contribution >= 4 is 38.3 Å². The fraction of sp³-hybridized carbons (Fsp3) is 0.400. The number of hydrogen-bond acceptors (Lipinski definition) is 6. The van der Waals surface area contributed by atoms with Crippen molar-refractivity contribution in [3.8, 4) is 6.07 Å². The molecule has 0 bridgehead atoms. The van der Waals surface area contributed by atoms with Crippen LogP contribution in [0, 0.1) is 18.3 Å². The first-order valence-corrected chi connectivity index (χ1v) is 12.3. The van der Waals surface area contributed by atoms with Crippen molar-refractivity contribution in [2.24, 2.45) is 7.05 Å². The van der Waals surface area contributed by atoms with Crippen LogP contribution in [0.25, 0.3) is 21.1 Å². The zero-order valence-corrected chi connectivity index (χ0v) is 20.3. The smallest absolute Gasteiger partial charge is 0.367 e. The summed E-state index contributed by atoms with van der Waals surface area (Å²) in [6.45, 7) is 4.77. The van der Waals surface area contributed by atoms with E-state index in [0.29, 0.717) is 21.7 Å². The molecule has 0 saturated carbocycles. The van der Waals surface area contributed by atoms with Gasteiger partial charge in [-0.2, -0.15) is 18.4 Å². The molecule has 3 aromatic heterocycles. The molecule has 1 fully saturated rings. The van der Waals surface area contributed by atoms with Gasteiger partial charge in [-0.25, -0.2) is 9.97 Å². The second-order valence-corrected chi connectivity index (χ2v) is 10.2. The molecular formula is C25H25F3N6S. The third-order valence-electron chi connectivity index (χ3n) is 6.80. The zero-order chi connectivity index (χ0) is 24.7. The second-order valence-electron chi connectivity index (χ2n) is 9.12. The Bertz CT molecular complexity index is 1420. The first-order chi connectivity index (χ1) is 16.7. The maximum atomic E-state index is 12.8. The van der Waals surface area contributed by atoms with Crippen LogP contribution in [-0.2, 0) is 20.0 Å². The van der Waals surface area contributed by atoms with Gasteiger partial charge in [0.1, 0.15) is 28.7 Å². The summed E-state index contributed by atoms with van der Waals surface area (Å²) in [6.07, 6.45) is -1.95. The van der Waals surface area contributed by atoms with Gasteiger partial charge in [-0.15, -0.1) is 11.3 Å². The van der Waals surface area contributed by atoms with Gasteiger partial charge < -0.3 is 9.88 Å². The number of nitriles is 1. The molecule has 1 N–H and O–H groups in total. The van der Waals surface area contributed by atoms with E-state index in [4.69, 9.17) is 0 Å². The van der Waals surface area contributed by atoms with Crippen molar-refractivity contribution in [2.45, 2.75) is 44.9 Å². The molecule has 5 rings (SSSR count). The van der Waals surface area contributed by atoms with E-state index in [1.54, 1.807) is 6.07 Å². The number of fused-ring (bicyclic) bond motifs is 2. The number of nitrogens with one attached hydrogen (secondary N) is 1. The summed E-state index contributed by atoms with van der Waals surface area (Å²) in [5, 5.41) is 14.6. The van der Waals surface area contributed by atoms with Gasteiger partial charge in [0.15, 0.2) is 0 Å². The molecule has 0 radical (unpaired) electrons. The van der Waals surface area contributed by atoms with Crippen LogP contribution in [0.5, 0.6) is 0 Å². The molecule has 1 aliphatic rings. The van der Waals surface area contributed by atoms with Gasteiger partial charge in [0, 0.05) is 48.5 Å². The maximum absolute atomic E-state index is 12.8. The number of aromatic nitrogens is 3. The molecule has 6 nitrogen and oxygen atoms in total. The van der Waals surface area contributed by atoms with Crippen molar-refractivity contribution in [3.63, 3.8) is 0 Å². The monoisotopic (exact) mass is 498 g/mol. The maximum Gasteiger partial charge on any atom is 0.393 e. The lowest BCUT2D eigenvalue weighted by atomic mass is 10.0. The minimum Gasteiger partial charge on any atom is -0.367 e. The first kappa shape index (κ1) is 23.6. The third-order valence-corrected chi connectivity index (χ3v) is 7.84. The molecule has 1 aliphatic heterocycles. The molecule has 0 atom stereocenters. The molecule has 0 unspecified atom stereocenters. The van der Waals surface area contributed by atoms with Crippen LogP contribution >= 0.6 is 11.3 Å². The zero-order valence-electron chi connectivity index (χ0n) is 19.5. The van der Waals surface area contributed by atoms with Gasteiger partial charge in [0.25, 0.3) is 0 Å². The number of anilines is 1. The number of hydrogen-bond donors (Lipinski definition) is 1. The average Bonchev–Trinajstić information content (AvgIpc) is 3.36. The predicted octanol–water partition coefficient (Wildman–Crippen LogP) is 5.54. The number of benzene rings is 1. The SMILES string of the molecule is Cc1c(CN2CCC(Nc3ncnc4sc(CC(F)(F)F)cc34)CC2)ccc2c1cc(C#N)n2C. The van der Waals surface area contributed by atoms with Crippen LogP contribution in [0.15, 0.2) is 30.6 Å². The fourth-order valence-electron chi connectivity index (χ4n) is 4.85. The van der Waals surface area contributed by atoms with E-state index in [0.717, 1.165) is 54.7 Å². The van der Waals surface area contributed by atoms with Gasteiger partial charge in [0.05, 0.1) is 11.8 Å². The topological polar surface area (TPSA) is 69.8 Å². The molecule has 4 aromatic rings. The Kier molecular flexibility index (Phi) is 6.15. The molecule has 0 amide bonds. The van der Waals surface area contributed by atoms with Crippen LogP contribution in [0.1, 0.15) is 34.5 Å². The number of aryl methyl sites for hydroxylation is 2. The highest BCUT2D eigenvalue weighted by Crippen LogP contribution is 2.33. The molecule has 182 valence electrons. The molecule has 1 aromatic carbocycles. The number of likely N-dealkylation sites (tertiary alicyclic amines) is 1. The Morgan fingerprint density at radius 1 is 1.17 bits per heavy atom. The third kappa shape index (κ3) is 4.83. The lowest BCUT2D eigenvalue weighted by Crippen LogP contribution is -2.39. The van der Waals surface area contributed by atoms with Crippen LogP contribution in [0.4, 0.5) is 19.0 Å². The molecule has 4 heterocycles. The summed E-state index contributed by atoms with van der Waals surface area (Å²) in [5.74, 6) is 0.608. The minimum absolute atomic E-state index is 0.200. The van der Waals surface area contributed by atoms with Crippen molar-refractivity contribution in [3.05, 3.63) is 52.3 Å². The minimum atomic E-state index is -4.24. The largest absolute Gasteiger partial charge is 0.393 e. The quantitative estimate of drug-likeness (QED) is 0.391. The molecule has 1 saturated heterocycles. The van der Waals surface area contributed by atoms with E-state index < -0.39 is 12.6 Å². The van der Waals surface area contributed by atoms with E-state index >= 15 is 0 Å². The van der Waals surface area contributed by atoms with Crippen molar-refractivity contribution in [1.82, 2.24) is 19.4 Å². The number of halogens is 3. The van der Waals surface area contributed by atoms with Gasteiger partial charge in [-0.3, -0.25) is 4.90 Å². The summed E-state index contributed by atoms with van der Waals surface area (Å²) >= 11 is 1.07. The summed E-state index contributed by atoms with van der Waals surface area (Å²) in [7, 11) is 1.91. The van der Waals surface area contributed by atoms with Crippen molar-refractivity contribution in [2.75, 3.05) is 18.4 Å². The second kappa shape index (κ2) is 9.13. The van der Waals surface area contributed by atoms with Gasteiger partial charge >= 0.3 is 6.18 Å². The molecule has 10 heteroatoms. The van der Waals surface area contributed by atoms with E-state index in [1.165, 1.54) is 17.5 Å². The van der Waals surface area contributed by atoms with Crippen LogP contribution in [0.3, 0.4) is 0 Å². The first-order valence-electron chi connectivity index (χ1n) is 11.5. The Hall–Kier alpha value is -3.16. The average molecular weight is 499 g/mol. The molecule has 0 spiro atoms. The molecular weight excluding hydrogens is 473 g/mol. The van der Waals surface area contributed by atoms with Gasteiger partial charge in [-0.1, -0.05) is 6.07 Å². The van der Waals surface area contributed by atoms with E-state index in [-0.39, 0.29) is 10.9 Å². The Morgan fingerprint density at radius 2 is 1.94 bits per heavy atom. The number of nitrogens with zero attached hydrogens (tertiary/aromatic N) is 5. The Balaban J connectivity index is 1.24. The molecule has 35 heavy (non-hydrogen) atoms. The highest BCUT2D eigenvalue weighted by Gasteiger charge is 2.29. The van der Waals surface area contributed by atoms with E-state index in [1.807, 2.05) is 17.7 Å². The Labute approximate surface area is 205 Å². The van der Waals surface area contributed by atoms with Crippen LogP contribution < -0.4 is 5.32 Å². The summed E-state index contributed by atoms with van der Waals surface area (Å²) in [6, 6.07) is 10.2. The molecule has 0 aliphatic carbocycles. The standard InChI is InChI=1S/C25H25F3N6S/c1-15-16(3-4-22-20(15)9-18(12-29)33(22)2)13-34-7-5-17(6-8-34)32-23-21-10-19(11-25(26,27)28)35-24(21)31-14-30-23/h3-4,9-10,14,17H,5-8,11,13H2,1-2H3,(H,30,31,32). The number of alkyl halides is 3. The van der Waals surface area contributed by atoms with Crippen LogP contribution in [0.2, 0.25) is 0 Å². The highest BCUT2D eigenvalue weighted by molar-refractivity contribution is 7.18. The van der Waals surface area contributed by atoms with Crippen molar-refractivity contribution < 1.29 is 13.2 Å². The van der Waals surface area contributed by atoms with E-state index in [2.05, 4.69) is 45.3 Å². The fourth-order valence-corrected chi connectivity index (χ4v) is 5.88. The van der Waals surface area contributed by atoms with Crippen LogP contribution in [-0.4, -0.2) is 44.7 Å². The lowest BCUT2D eigenvalue weighted by molar-refractivity contribution is -0.126. The van der Waals surface area contributed by atoms with E-state index in [9.17, 15) is 18.4 Å². The number of thiophene rings is 1. The number of rotatable bonds is 5. The highest BCUT2D eigenvalue weighted by atomic mass is 32.1. The summed E-state index contributed by atoms with van der Waals surface area (Å²) in [4.78, 5) is 11.7. The predicted molar refractivity (Wildman–Crippen MR) is 131 cm³/mol. The summed E-state index contributed by atoms with van der Waals surface area (Å²) in [5.41, 5.74) is 4.18. The normalized spacial score (nSPS) is 15.7. The van der Waals surface area contributed by atoms with Crippen molar-refractivity contribution in [1.29, 1.82) is 5.26 Å². The Morgan fingerprint density at radius 3 is 2.66 bits per heavy atom. The number of piperidine rings is 1. The van der Waals surface area contributed by atoms with Gasteiger partial charge in [0.2, 0.25) is 0 Å². The summed E-state index contributed by atoms with van der Waals surface area (Å²) < 4.78 is 40.4. The lowest BCUT2D eigenvalue weighted by Gasteiger charge is -2.33.